The highest BCUT2D eigenvalue weighted by molar-refractivity contribution is 8.04. The highest BCUT2D eigenvalue weighted by Gasteiger charge is 2.26. The van der Waals surface area contributed by atoms with Gasteiger partial charge in [0.2, 0.25) is 0 Å². The highest BCUT2D eigenvalue weighted by atomic mass is 32.2. The van der Waals surface area contributed by atoms with Crippen molar-refractivity contribution < 1.29 is 9.53 Å². The molecule has 20 heavy (non-hydrogen) atoms. The number of benzene rings is 1. The van der Waals surface area contributed by atoms with Crippen molar-refractivity contribution in [2.75, 3.05) is 31.6 Å². The van der Waals surface area contributed by atoms with Crippen LogP contribution in [0.1, 0.15) is 12.5 Å². The van der Waals surface area contributed by atoms with Crippen LogP contribution in [0.15, 0.2) is 33.7 Å². The summed E-state index contributed by atoms with van der Waals surface area (Å²) >= 11 is 1.57. The maximum atomic E-state index is 12.6. The zero-order valence-corrected chi connectivity index (χ0v) is 12.5. The third-order valence-electron chi connectivity index (χ3n) is 3.50. The number of hydrogen-bond acceptors (Lipinski definition) is 4. The van der Waals surface area contributed by atoms with Crippen molar-refractivity contribution in [3.63, 3.8) is 0 Å². The SMILES string of the molecule is CC1=C(C(=O)N2CCOCC2)Sc2cc(C)ccc2N1. The van der Waals surface area contributed by atoms with Crippen LogP contribution in [0.4, 0.5) is 5.69 Å². The second kappa shape index (κ2) is 5.50. The van der Waals surface area contributed by atoms with Crippen molar-refractivity contribution in [2.45, 2.75) is 18.7 Å². The molecule has 1 fully saturated rings. The van der Waals surface area contributed by atoms with E-state index in [2.05, 4.69) is 30.4 Å². The molecule has 0 saturated carbocycles. The zero-order valence-electron chi connectivity index (χ0n) is 11.7. The van der Waals surface area contributed by atoms with Gasteiger partial charge in [-0.2, -0.15) is 0 Å². The molecule has 106 valence electrons. The summed E-state index contributed by atoms with van der Waals surface area (Å²) in [5, 5.41) is 3.34. The number of rotatable bonds is 1. The van der Waals surface area contributed by atoms with Gasteiger partial charge >= 0.3 is 0 Å². The predicted octanol–water partition coefficient (Wildman–Crippen LogP) is 2.60. The number of nitrogens with zero attached hydrogens (tertiary/aromatic N) is 1. The molecule has 2 aliphatic rings. The number of hydrogen-bond donors (Lipinski definition) is 1. The minimum Gasteiger partial charge on any atom is -0.378 e. The summed E-state index contributed by atoms with van der Waals surface area (Å²) in [4.78, 5) is 16.4. The van der Waals surface area contributed by atoms with Gasteiger partial charge in [0.25, 0.3) is 5.91 Å². The molecule has 0 aliphatic carbocycles. The van der Waals surface area contributed by atoms with E-state index in [9.17, 15) is 4.79 Å². The molecule has 0 atom stereocenters. The van der Waals surface area contributed by atoms with Crippen LogP contribution in [0.25, 0.3) is 0 Å². The number of amides is 1. The van der Waals surface area contributed by atoms with E-state index in [1.807, 2.05) is 11.8 Å². The van der Waals surface area contributed by atoms with Crippen LogP contribution in [0.2, 0.25) is 0 Å². The van der Waals surface area contributed by atoms with E-state index in [-0.39, 0.29) is 5.91 Å². The predicted molar refractivity (Wildman–Crippen MR) is 80.8 cm³/mol. The number of fused-ring (bicyclic) bond motifs is 1. The van der Waals surface area contributed by atoms with E-state index in [0.717, 1.165) is 21.2 Å². The molecule has 0 aromatic heterocycles. The molecule has 1 amide bonds. The largest absolute Gasteiger partial charge is 0.378 e. The number of ether oxygens (including phenoxy) is 1. The van der Waals surface area contributed by atoms with E-state index in [0.29, 0.717) is 26.3 Å². The summed E-state index contributed by atoms with van der Waals surface area (Å²) in [6.45, 7) is 6.64. The molecule has 0 unspecified atom stereocenters. The van der Waals surface area contributed by atoms with Crippen LogP contribution < -0.4 is 5.32 Å². The number of morpholine rings is 1. The first kappa shape index (κ1) is 13.5. The van der Waals surface area contributed by atoms with E-state index in [1.165, 1.54) is 5.56 Å². The second-order valence-corrected chi connectivity index (χ2v) is 6.14. The van der Waals surface area contributed by atoms with Gasteiger partial charge in [-0.15, -0.1) is 0 Å². The highest BCUT2D eigenvalue weighted by Crippen LogP contribution is 2.40. The fourth-order valence-corrected chi connectivity index (χ4v) is 3.49. The first-order chi connectivity index (χ1) is 9.65. The smallest absolute Gasteiger partial charge is 0.262 e. The minimum atomic E-state index is 0.107. The lowest BCUT2D eigenvalue weighted by atomic mass is 10.2. The van der Waals surface area contributed by atoms with Crippen molar-refractivity contribution >= 4 is 23.4 Å². The third-order valence-corrected chi connectivity index (χ3v) is 4.75. The van der Waals surface area contributed by atoms with Crippen molar-refractivity contribution in [2.24, 2.45) is 0 Å². The number of carbonyl (C=O) groups excluding carboxylic acids is 1. The van der Waals surface area contributed by atoms with Gasteiger partial charge < -0.3 is 15.0 Å². The molecule has 4 nitrogen and oxygen atoms in total. The van der Waals surface area contributed by atoms with Gasteiger partial charge in [0.1, 0.15) is 0 Å². The number of nitrogens with one attached hydrogen (secondary N) is 1. The molecule has 2 heterocycles. The molecule has 1 aromatic carbocycles. The van der Waals surface area contributed by atoms with Crippen molar-refractivity contribution in [3.8, 4) is 0 Å². The number of aryl methyl sites for hydroxylation is 1. The fraction of sp³-hybridized carbons (Fsp3) is 0.400. The van der Waals surface area contributed by atoms with Crippen LogP contribution in [-0.4, -0.2) is 37.1 Å². The Morgan fingerprint density at radius 2 is 2.05 bits per heavy atom. The van der Waals surface area contributed by atoms with E-state index >= 15 is 0 Å². The van der Waals surface area contributed by atoms with Crippen molar-refractivity contribution in [1.29, 1.82) is 0 Å². The minimum absolute atomic E-state index is 0.107. The fourth-order valence-electron chi connectivity index (χ4n) is 2.38. The lowest BCUT2D eigenvalue weighted by Crippen LogP contribution is -2.41. The summed E-state index contributed by atoms with van der Waals surface area (Å²) in [6.07, 6.45) is 0. The van der Waals surface area contributed by atoms with E-state index in [4.69, 9.17) is 4.74 Å². The van der Waals surface area contributed by atoms with Gasteiger partial charge in [0.05, 0.1) is 23.8 Å². The van der Waals surface area contributed by atoms with Crippen LogP contribution in [0.3, 0.4) is 0 Å². The Hall–Kier alpha value is -1.46. The van der Waals surface area contributed by atoms with Gasteiger partial charge in [0, 0.05) is 23.7 Å². The summed E-state index contributed by atoms with van der Waals surface area (Å²) in [7, 11) is 0. The molecule has 1 saturated heterocycles. The molecule has 0 bridgehead atoms. The average Bonchev–Trinajstić information content (AvgIpc) is 2.47. The lowest BCUT2D eigenvalue weighted by molar-refractivity contribution is -0.130. The van der Waals surface area contributed by atoms with Gasteiger partial charge in [0.15, 0.2) is 0 Å². The Bertz CT molecular complexity index is 577. The summed E-state index contributed by atoms with van der Waals surface area (Å²) in [5.74, 6) is 0.107. The Labute approximate surface area is 123 Å². The maximum Gasteiger partial charge on any atom is 0.262 e. The van der Waals surface area contributed by atoms with E-state index in [1.54, 1.807) is 11.8 Å². The molecule has 2 aliphatic heterocycles. The zero-order chi connectivity index (χ0) is 14.1. The van der Waals surface area contributed by atoms with Crippen molar-refractivity contribution in [3.05, 3.63) is 34.4 Å². The molecule has 0 spiro atoms. The first-order valence-corrected chi connectivity index (χ1v) is 7.60. The summed E-state index contributed by atoms with van der Waals surface area (Å²) in [6, 6.07) is 6.26. The third kappa shape index (κ3) is 2.55. The van der Waals surface area contributed by atoms with Crippen LogP contribution >= 0.6 is 11.8 Å². The van der Waals surface area contributed by atoms with Crippen LogP contribution in [-0.2, 0) is 9.53 Å². The van der Waals surface area contributed by atoms with E-state index < -0.39 is 0 Å². The molecule has 0 radical (unpaired) electrons. The number of allylic oxidation sites excluding steroid dienone is 1. The molecular weight excluding hydrogens is 272 g/mol. The van der Waals surface area contributed by atoms with Gasteiger partial charge in [-0.1, -0.05) is 17.8 Å². The Morgan fingerprint density at radius 3 is 2.80 bits per heavy atom. The molecule has 3 rings (SSSR count). The average molecular weight is 290 g/mol. The lowest BCUT2D eigenvalue weighted by Gasteiger charge is -2.30. The van der Waals surface area contributed by atoms with Gasteiger partial charge in [-0.25, -0.2) is 0 Å². The quantitative estimate of drug-likeness (QED) is 0.863. The second-order valence-electron chi connectivity index (χ2n) is 5.09. The summed E-state index contributed by atoms with van der Waals surface area (Å²) in [5.41, 5.74) is 3.22. The Kier molecular flexibility index (Phi) is 3.72. The molecule has 1 N–H and O–H groups in total. The molecule has 5 heteroatoms. The van der Waals surface area contributed by atoms with Gasteiger partial charge in [-0.05, 0) is 31.5 Å². The van der Waals surface area contributed by atoms with Crippen LogP contribution in [0, 0.1) is 6.92 Å². The molecule has 1 aromatic rings. The molecular formula is C15H18N2O2S. The number of carbonyl (C=O) groups is 1. The first-order valence-electron chi connectivity index (χ1n) is 6.78. The van der Waals surface area contributed by atoms with Crippen molar-refractivity contribution in [1.82, 2.24) is 4.90 Å². The Balaban J connectivity index is 1.84. The maximum absolute atomic E-state index is 12.6. The summed E-state index contributed by atoms with van der Waals surface area (Å²) < 4.78 is 5.30. The topological polar surface area (TPSA) is 41.6 Å². The van der Waals surface area contributed by atoms with Crippen LogP contribution in [0.5, 0.6) is 0 Å². The normalized spacial score (nSPS) is 18.6. The Morgan fingerprint density at radius 1 is 1.30 bits per heavy atom. The van der Waals surface area contributed by atoms with Gasteiger partial charge in [-0.3, -0.25) is 4.79 Å². The number of anilines is 1. The standard InChI is InChI=1S/C15H18N2O2S/c1-10-3-4-12-13(9-10)20-14(11(2)16-12)15(18)17-5-7-19-8-6-17/h3-4,9,16H,5-8H2,1-2H3. The number of thioether (sulfide) groups is 1. The monoisotopic (exact) mass is 290 g/mol.